The lowest BCUT2D eigenvalue weighted by atomic mass is 9.95. The molecule has 1 aliphatic carbocycles. The number of nitrogens with zero attached hydrogens (tertiary/aromatic N) is 3. The standard InChI is InChI=1S/C27H28N4O2/c28-26(30-32)21-13-16-25-24(17-21)29-27(31(25)22-9-5-2-6-10-22)20-11-14-23(15-12-20)33-18-19-7-3-1-4-8-19/h1,3-4,7-8,11-17,22,32H,2,5-6,9-10,18H2,(H2,28,30). The van der Waals surface area contributed by atoms with E-state index in [0.717, 1.165) is 46.6 Å². The van der Waals surface area contributed by atoms with E-state index in [2.05, 4.69) is 34.0 Å². The van der Waals surface area contributed by atoms with Crippen LogP contribution < -0.4 is 10.5 Å². The number of ether oxygens (including phenoxy) is 1. The summed E-state index contributed by atoms with van der Waals surface area (Å²) in [6, 6.07) is 24.6. The van der Waals surface area contributed by atoms with Gasteiger partial charge in [-0.3, -0.25) is 0 Å². The minimum Gasteiger partial charge on any atom is -0.489 e. The van der Waals surface area contributed by atoms with Gasteiger partial charge in [-0.15, -0.1) is 0 Å². The largest absolute Gasteiger partial charge is 0.489 e. The van der Waals surface area contributed by atoms with Crippen LogP contribution in [-0.2, 0) is 6.61 Å². The Morgan fingerprint density at radius 1 is 1.00 bits per heavy atom. The normalized spacial score (nSPS) is 15.1. The number of benzene rings is 3. The van der Waals surface area contributed by atoms with Crippen molar-refractivity contribution in [2.45, 2.75) is 44.8 Å². The molecule has 1 aliphatic rings. The molecule has 6 heteroatoms. The molecular formula is C27H28N4O2. The Balaban J connectivity index is 1.49. The lowest BCUT2D eigenvalue weighted by molar-refractivity contribution is 0.306. The quantitative estimate of drug-likeness (QED) is 0.170. The Bertz CT molecular complexity index is 1260. The number of fused-ring (bicyclic) bond motifs is 1. The number of rotatable bonds is 6. The Morgan fingerprint density at radius 3 is 2.48 bits per heavy atom. The van der Waals surface area contributed by atoms with Crippen LogP contribution in [0.15, 0.2) is 78.0 Å². The van der Waals surface area contributed by atoms with Crippen molar-refractivity contribution in [3.63, 3.8) is 0 Å². The molecule has 0 unspecified atom stereocenters. The molecule has 168 valence electrons. The lowest BCUT2D eigenvalue weighted by Crippen LogP contribution is -2.14. The van der Waals surface area contributed by atoms with E-state index in [9.17, 15) is 0 Å². The monoisotopic (exact) mass is 440 g/mol. The predicted octanol–water partition coefficient (Wildman–Crippen LogP) is 5.88. The van der Waals surface area contributed by atoms with Gasteiger partial charge in [0.15, 0.2) is 5.84 Å². The van der Waals surface area contributed by atoms with Crippen LogP contribution >= 0.6 is 0 Å². The van der Waals surface area contributed by atoms with Gasteiger partial charge in [0.2, 0.25) is 0 Å². The molecule has 0 saturated heterocycles. The summed E-state index contributed by atoms with van der Waals surface area (Å²) < 4.78 is 8.34. The van der Waals surface area contributed by atoms with Gasteiger partial charge >= 0.3 is 0 Å². The molecule has 0 aliphatic heterocycles. The molecule has 0 atom stereocenters. The number of amidine groups is 1. The van der Waals surface area contributed by atoms with Crippen molar-refractivity contribution < 1.29 is 9.94 Å². The number of nitrogens with two attached hydrogens (primary N) is 1. The van der Waals surface area contributed by atoms with Crippen molar-refractivity contribution >= 4 is 16.9 Å². The molecular weight excluding hydrogens is 412 g/mol. The summed E-state index contributed by atoms with van der Waals surface area (Å²) in [5, 5.41) is 12.2. The van der Waals surface area contributed by atoms with Crippen LogP contribution in [0.5, 0.6) is 5.75 Å². The number of aromatic nitrogens is 2. The van der Waals surface area contributed by atoms with E-state index in [1.165, 1.54) is 19.3 Å². The number of oxime groups is 1. The van der Waals surface area contributed by atoms with Crippen molar-refractivity contribution in [1.82, 2.24) is 9.55 Å². The van der Waals surface area contributed by atoms with Gasteiger partial charge in [-0.2, -0.15) is 0 Å². The van der Waals surface area contributed by atoms with Crippen LogP contribution in [-0.4, -0.2) is 20.6 Å². The molecule has 0 spiro atoms. The predicted molar refractivity (Wildman–Crippen MR) is 131 cm³/mol. The Labute approximate surface area is 193 Å². The molecule has 1 fully saturated rings. The van der Waals surface area contributed by atoms with Crippen LogP contribution in [0.2, 0.25) is 0 Å². The second-order valence-electron chi connectivity index (χ2n) is 8.58. The second-order valence-corrected chi connectivity index (χ2v) is 8.58. The van der Waals surface area contributed by atoms with Crippen molar-refractivity contribution in [3.8, 4) is 17.1 Å². The number of imidazole rings is 1. The zero-order chi connectivity index (χ0) is 22.6. The maximum atomic E-state index is 9.07. The smallest absolute Gasteiger partial charge is 0.170 e. The fourth-order valence-electron chi connectivity index (χ4n) is 4.67. The van der Waals surface area contributed by atoms with Gasteiger partial charge in [0.1, 0.15) is 18.2 Å². The summed E-state index contributed by atoms with van der Waals surface area (Å²) >= 11 is 0. The van der Waals surface area contributed by atoms with Crippen molar-refractivity contribution in [3.05, 3.63) is 83.9 Å². The molecule has 1 saturated carbocycles. The average molecular weight is 441 g/mol. The minimum atomic E-state index is 0.0885. The summed E-state index contributed by atoms with van der Waals surface area (Å²) in [7, 11) is 0. The Hall–Kier alpha value is -3.80. The molecule has 4 aromatic rings. The van der Waals surface area contributed by atoms with E-state index in [1.54, 1.807) is 0 Å². The summed E-state index contributed by atoms with van der Waals surface area (Å²) in [6.07, 6.45) is 6.06. The Morgan fingerprint density at radius 2 is 1.76 bits per heavy atom. The first-order valence-electron chi connectivity index (χ1n) is 11.5. The molecule has 6 nitrogen and oxygen atoms in total. The summed E-state index contributed by atoms with van der Waals surface area (Å²) in [5.41, 5.74) is 10.6. The second kappa shape index (κ2) is 9.36. The topological polar surface area (TPSA) is 85.7 Å². The molecule has 5 rings (SSSR count). The van der Waals surface area contributed by atoms with Crippen molar-refractivity contribution in [2.24, 2.45) is 10.9 Å². The highest BCUT2D eigenvalue weighted by atomic mass is 16.5. The van der Waals surface area contributed by atoms with Crippen molar-refractivity contribution in [2.75, 3.05) is 0 Å². The summed E-state index contributed by atoms with van der Waals surface area (Å²) in [6.45, 7) is 0.539. The van der Waals surface area contributed by atoms with Gasteiger partial charge in [-0.05, 0) is 60.9 Å². The maximum absolute atomic E-state index is 9.07. The van der Waals surface area contributed by atoms with Gasteiger partial charge in [0.25, 0.3) is 0 Å². The molecule has 3 aromatic carbocycles. The van der Waals surface area contributed by atoms with Gasteiger partial charge in [0.05, 0.1) is 11.0 Å². The van der Waals surface area contributed by atoms with E-state index in [1.807, 2.05) is 48.5 Å². The van der Waals surface area contributed by atoms with Crippen LogP contribution in [0, 0.1) is 0 Å². The molecule has 0 bridgehead atoms. The third-order valence-electron chi connectivity index (χ3n) is 6.39. The summed E-state index contributed by atoms with van der Waals surface area (Å²) in [4.78, 5) is 4.99. The van der Waals surface area contributed by atoms with Crippen molar-refractivity contribution in [1.29, 1.82) is 0 Å². The van der Waals surface area contributed by atoms with E-state index in [0.29, 0.717) is 18.2 Å². The highest BCUT2D eigenvalue weighted by Gasteiger charge is 2.22. The van der Waals surface area contributed by atoms with Gasteiger partial charge in [0, 0.05) is 17.2 Å². The van der Waals surface area contributed by atoms with Crippen LogP contribution in [0.25, 0.3) is 22.4 Å². The van der Waals surface area contributed by atoms with Gasteiger partial charge in [-0.25, -0.2) is 4.98 Å². The molecule has 3 N–H and O–H groups in total. The minimum absolute atomic E-state index is 0.0885. The number of hydrogen-bond donors (Lipinski definition) is 2. The average Bonchev–Trinajstić information content (AvgIpc) is 3.27. The van der Waals surface area contributed by atoms with E-state index in [-0.39, 0.29) is 5.84 Å². The van der Waals surface area contributed by atoms with Crippen LogP contribution in [0.4, 0.5) is 0 Å². The lowest BCUT2D eigenvalue weighted by Gasteiger charge is -2.25. The fraction of sp³-hybridized carbons (Fsp3) is 0.259. The first-order valence-corrected chi connectivity index (χ1v) is 11.5. The maximum Gasteiger partial charge on any atom is 0.170 e. The third-order valence-corrected chi connectivity index (χ3v) is 6.39. The zero-order valence-corrected chi connectivity index (χ0v) is 18.5. The summed E-state index contributed by atoms with van der Waals surface area (Å²) in [5.74, 6) is 1.87. The first kappa shape index (κ1) is 21.1. The Kier molecular flexibility index (Phi) is 5.98. The van der Waals surface area contributed by atoms with Gasteiger partial charge < -0.3 is 20.2 Å². The number of hydrogen-bond acceptors (Lipinski definition) is 4. The molecule has 1 aromatic heterocycles. The SMILES string of the molecule is N/C(=N\O)c1ccc2c(c1)nc(-c1ccc(OCc3ccccc3)cc1)n2C1CCCCC1. The highest BCUT2D eigenvalue weighted by molar-refractivity contribution is 6.00. The highest BCUT2D eigenvalue weighted by Crippen LogP contribution is 2.36. The third kappa shape index (κ3) is 4.42. The van der Waals surface area contributed by atoms with E-state index < -0.39 is 0 Å². The molecule has 0 radical (unpaired) electrons. The van der Waals surface area contributed by atoms with E-state index >= 15 is 0 Å². The fourth-order valence-corrected chi connectivity index (χ4v) is 4.67. The molecule has 0 amide bonds. The van der Waals surface area contributed by atoms with Crippen LogP contribution in [0.1, 0.15) is 49.3 Å². The van der Waals surface area contributed by atoms with E-state index in [4.69, 9.17) is 20.7 Å². The zero-order valence-electron chi connectivity index (χ0n) is 18.5. The molecule has 1 heterocycles. The van der Waals surface area contributed by atoms with Gasteiger partial charge in [-0.1, -0.05) is 54.8 Å². The first-order chi connectivity index (χ1) is 16.2. The molecule has 33 heavy (non-hydrogen) atoms. The van der Waals surface area contributed by atoms with Crippen LogP contribution in [0.3, 0.4) is 0 Å².